The summed E-state index contributed by atoms with van der Waals surface area (Å²) in [4.78, 5) is 11.2. The van der Waals surface area contributed by atoms with Gasteiger partial charge in [-0.25, -0.2) is 4.79 Å². The normalized spacial score (nSPS) is 11.1. The van der Waals surface area contributed by atoms with Gasteiger partial charge in [0.05, 0.1) is 7.11 Å². The van der Waals surface area contributed by atoms with E-state index in [4.69, 9.17) is 0 Å². The van der Waals surface area contributed by atoms with Crippen molar-refractivity contribution in [1.29, 1.82) is 0 Å². The summed E-state index contributed by atoms with van der Waals surface area (Å²) in [6, 6.07) is 0. The second kappa shape index (κ2) is 10.4. The number of allylic oxidation sites excluding steroid dienone is 1. The summed E-state index contributed by atoms with van der Waals surface area (Å²) in [6.45, 7) is 6.55. The molecule has 1 N–H and O–H groups in total. The van der Waals surface area contributed by atoms with Crippen LogP contribution in [0.25, 0.3) is 0 Å². The first kappa shape index (κ1) is 16.2. The lowest BCUT2D eigenvalue weighted by Gasteiger charge is -2.10. The first-order chi connectivity index (χ1) is 8.10. The highest BCUT2D eigenvalue weighted by Gasteiger charge is 2.02. The zero-order valence-corrected chi connectivity index (χ0v) is 12.3. The number of unbranched alkanes of at least 4 members (excludes halogenated alkanes) is 3. The first-order valence-corrected chi connectivity index (χ1v) is 6.75. The molecule has 0 aliphatic heterocycles. The van der Waals surface area contributed by atoms with Crippen molar-refractivity contribution >= 4 is 21.9 Å². The minimum Gasteiger partial charge on any atom is -0.466 e. The summed E-state index contributed by atoms with van der Waals surface area (Å²) in [5.41, 5.74) is 0.911. The van der Waals surface area contributed by atoms with Crippen molar-refractivity contribution in [2.24, 2.45) is 0 Å². The molecule has 17 heavy (non-hydrogen) atoms. The molecule has 0 atom stereocenters. The van der Waals surface area contributed by atoms with E-state index in [1.165, 1.54) is 32.4 Å². The molecule has 0 aliphatic carbocycles. The maximum Gasteiger partial charge on any atom is 0.332 e. The molecule has 0 saturated heterocycles. The van der Waals surface area contributed by atoms with E-state index in [9.17, 15) is 4.79 Å². The number of esters is 1. The summed E-state index contributed by atoms with van der Waals surface area (Å²) in [5.74, 6) is -0.317. The van der Waals surface area contributed by atoms with Crippen LogP contribution in [0.4, 0.5) is 0 Å². The van der Waals surface area contributed by atoms with E-state index in [2.05, 4.69) is 39.5 Å². The van der Waals surface area contributed by atoms with Crippen LogP contribution in [0.2, 0.25) is 0 Å². The van der Waals surface area contributed by atoms with Crippen LogP contribution in [-0.4, -0.2) is 19.6 Å². The van der Waals surface area contributed by atoms with Gasteiger partial charge in [-0.05, 0) is 12.8 Å². The Labute approximate surface area is 112 Å². The highest BCUT2D eigenvalue weighted by molar-refractivity contribution is 9.11. The van der Waals surface area contributed by atoms with Crippen LogP contribution in [0, 0.1) is 0 Å². The second-order valence-electron chi connectivity index (χ2n) is 3.87. The van der Waals surface area contributed by atoms with Gasteiger partial charge >= 0.3 is 5.97 Å². The van der Waals surface area contributed by atoms with Crippen LogP contribution in [0.3, 0.4) is 0 Å². The lowest BCUT2D eigenvalue weighted by Crippen LogP contribution is -2.16. The van der Waals surface area contributed by atoms with Crippen molar-refractivity contribution in [1.82, 2.24) is 5.32 Å². The summed E-state index contributed by atoms with van der Waals surface area (Å²) < 4.78 is 5.49. The molecule has 0 fully saturated rings. The number of hydrogen-bond donors (Lipinski definition) is 1. The van der Waals surface area contributed by atoms with Crippen LogP contribution < -0.4 is 5.32 Å². The third kappa shape index (κ3) is 10.1. The highest BCUT2D eigenvalue weighted by atomic mass is 79.9. The van der Waals surface area contributed by atoms with Gasteiger partial charge in [0.1, 0.15) is 0 Å². The quantitative estimate of drug-likeness (QED) is 0.402. The van der Waals surface area contributed by atoms with Gasteiger partial charge in [0.2, 0.25) is 0 Å². The van der Waals surface area contributed by atoms with E-state index in [1.54, 1.807) is 0 Å². The number of ether oxygens (including phenoxy) is 1. The van der Waals surface area contributed by atoms with E-state index in [1.807, 2.05) is 0 Å². The van der Waals surface area contributed by atoms with Crippen LogP contribution in [0.5, 0.6) is 0 Å². The molecule has 0 amide bonds. The molecule has 0 rings (SSSR count). The van der Waals surface area contributed by atoms with Gasteiger partial charge < -0.3 is 10.1 Å². The number of carbonyl (C=O) groups is 1. The summed E-state index contributed by atoms with van der Waals surface area (Å²) >= 11 is 3.28. The van der Waals surface area contributed by atoms with Crippen LogP contribution >= 0.6 is 15.9 Å². The predicted molar refractivity (Wildman–Crippen MR) is 74.9 cm³/mol. The van der Waals surface area contributed by atoms with E-state index in [-0.39, 0.29) is 5.97 Å². The Bertz CT molecular complexity index is 275. The Hall–Kier alpha value is -0.770. The topological polar surface area (TPSA) is 38.3 Å². The van der Waals surface area contributed by atoms with Crippen molar-refractivity contribution in [3.05, 3.63) is 22.8 Å². The van der Waals surface area contributed by atoms with Crippen LogP contribution in [0.1, 0.15) is 39.0 Å². The lowest BCUT2D eigenvalue weighted by molar-refractivity contribution is -0.134. The summed E-state index contributed by atoms with van der Waals surface area (Å²) in [7, 11) is 1.39. The van der Waals surface area contributed by atoms with Crippen molar-refractivity contribution in [2.75, 3.05) is 13.7 Å². The van der Waals surface area contributed by atoms with Gasteiger partial charge in [-0.15, -0.1) is 0 Å². The van der Waals surface area contributed by atoms with Gasteiger partial charge in [-0.1, -0.05) is 48.7 Å². The minimum absolute atomic E-state index is 0.317. The molecule has 0 aliphatic rings. The van der Waals surface area contributed by atoms with Gasteiger partial charge in [0, 0.05) is 22.8 Å². The Balaban J connectivity index is 4.15. The van der Waals surface area contributed by atoms with Crippen LogP contribution in [-0.2, 0) is 9.53 Å². The SMILES string of the molecule is C=C(Br)CN/C(=C/C(=O)OC)CCCCCC. The molecule has 0 spiro atoms. The largest absolute Gasteiger partial charge is 0.466 e. The van der Waals surface area contributed by atoms with Gasteiger partial charge in [-0.2, -0.15) is 0 Å². The molecule has 0 aromatic rings. The molecular formula is C13H22BrNO2. The fourth-order valence-electron chi connectivity index (χ4n) is 1.36. The molecular weight excluding hydrogens is 282 g/mol. The Morgan fingerprint density at radius 3 is 2.65 bits per heavy atom. The molecule has 4 heteroatoms. The molecule has 0 heterocycles. The fourth-order valence-corrected chi connectivity index (χ4v) is 1.50. The maximum atomic E-state index is 11.2. The Morgan fingerprint density at radius 2 is 2.12 bits per heavy atom. The summed E-state index contributed by atoms with van der Waals surface area (Å²) in [5, 5.41) is 3.18. The van der Waals surface area contributed by atoms with E-state index < -0.39 is 0 Å². The number of rotatable bonds is 9. The molecule has 0 unspecified atom stereocenters. The van der Waals surface area contributed by atoms with E-state index in [0.717, 1.165) is 23.0 Å². The highest BCUT2D eigenvalue weighted by Crippen LogP contribution is 2.09. The Kier molecular flexibility index (Phi) is 9.92. The smallest absolute Gasteiger partial charge is 0.332 e. The first-order valence-electron chi connectivity index (χ1n) is 5.95. The average molecular weight is 304 g/mol. The van der Waals surface area contributed by atoms with Crippen molar-refractivity contribution in [2.45, 2.75) is 39.0 Å². The molecule has 0 aromatic carbocycles. The lowest BCUT2D eigenvalue weighted by atomic mass is 10.1. The van der Waals surface area contributed by atoms with E-state index >= 15 is 0 Å². The molecule has 0 bridgehead atoms. The van der Waals surface area contributed by atoms with Crippen molar-refractivity contribution < 1.29 is 9.53 Å². The standard InChI is InChI=1S/C13H22BrNO2/c1-4-5-6-7-8-12(9-13(16)17-3)15-10-11(2)14/h9,15H,2,4-8,10H2,1,3H3/b12-9+. The number of nitrogens with one attached hydrogen (secondary N) is 1. The monoisotopic (exact) mass is 303 g/mol. The predicted octanol–water partition coefficient (Wildman–Crippen LogP) is 3.51. The minimum atomic E-state index is -0.317. The Morgan fingerprint density at radius 1 is 1.41 bits per heavy atom. The number of hydrogen-bond acceptors (Lipinski definition) is 3. The van der Waals surface area contributed by atoms with Gasteiger partial charge in [0.15, 0.2) is 0 Å². The zero-order valence-electron chi connectivity index (χ0n) is 10.7. The fraction of sp³-hybridized carbons (Fsp3) is 0.615. The van der Waals surface area contributed by atoms with Crippen LogP contribution in [0.15, 0.2) is 22.8 Å². The number of halogens is 1. The van der Waals surface area contributed by atoms with Gasteiger partial charge in [-0.3, -0.25) is 0 Å². The van der Waals surface area contributed by atoms with Gasteiger partial charge in [0.25, 0.3) is 0 Å². The number of methoxy groups -OCH3 is 1. The maximum absolute atomic E-state index is 11.2. The summed E-state index contributed by atoms with van der Waals surface area (Å²) in [6.07, 6.45) is 7.10. The molecule has 0 aromatic heterocycles. The van der Waals surface area contributed by atoms with Crippen molar-refractivity contribution in [3.63, 3.8) is 0 Å². The van der Waals surface area contributed by atoms with E-state index in [0.29, 0.717) is 6.54 Å². The van der Waals surface area contributed by atoms with Crippen molar-refractivity contribution in [3.8, 4) is 0 Å². The molecule has 98 valence electrons. The average Bonchev–Trinajstić information content (AvgIpc) is 2.30. The molecule has 3 nitrogen and oxygen atoms in total. The number of carbonyl (C=O) groups excluding carboxylic acids is 1. The zero-order chi connectivity index (χ0) is 13.1. The third-order valence-corrected chi connectivity index (χ3v) is 2.58. The second-order valence-corrected chi connectivity index (χ2v) is 5.00. The third-order valence-electron chi connectivity index (χ3n) is 2.30. The molecule has 0 saturated carbocycles. The molecule has 0 radical (unpaired) electrons.